The van der Waals surface area contributed by atoms with E-state index in [1.165, 1.54) is 0 Å². The van der Waals surface area contributed by atoms with E-state index in [4.69, 9.17) is 9.47 Å². The van der Waals surface area contributed by atoms with E-state index in [1.54, 1.807) is 7.11 Å². The molecule has 1 aliphatic heterocycles. The van der Waals surface area contributed by atoms with Crippen LogP contribution < -0.4 is 5.32 Å². The molecule has 1 aliphatic rings. The van der Waals surface area contributed by atoms with Crippen molar-refractivity contribution >= 4 is 0 Å². The predicted molar refractivity (Wildman–Crippen MR) is 52.9 cm³/mol. The van der Waals surface area contributed by atoms with Crippen LogP contribution in [0.25, 0.3) is 0 Å². The first-order valence-corrected chi connectivity index (χ1v) is 4.95. The molecule has 1 N–H and O–H groups in total. The smallest absolute Gasteiger partial charge is 0.0746 e. The van der Waals surface area contributed by atoms with E-state index >= 15 is 0 Å². The highest BCUT2D eigenvalue weighted by Gasteiger charge is 2.26. The van der Waals surface area contributed by atoms with Gasteiger partial charge in [0.15, 0.2) is 0 Å². The van der Waals surface area contributed by atoms with E-state index in [0.29, 0.717) is 12.1 Å². The van der Waals surface area contributed by atoms with Gasteiger partial charge in [0.1, 0.15) is 0 Å². The van der Waals surface area contributed by atoms with Gasteiger partial charge < -0.3 is 14.8 Å². The number of hydrogen-bond donors (Lipinski definition) is 1. The van der Waals surface area contributed by atoms with E-state index in [0.717, 1.165) is 19.6 Å². The van der Waals surface area contributed by atoms with Crippen molar-refractivity contribution in [3.05, 3.63) is 0 Å². The van der Waals surface area contributed by atoms with Crippen LogP contribution in [0.15, 0.2) is 0 Å². The number of methoxy groups -OCH3 is 1. The second-order valence-electron chi connectivity index (χ2n) is 4.32. The monoisotopic (exact) mass is 187 g/mol. The maximum absolute atomic E-state index is 5.46. The Morgan fingerprint density at radius 2 is 2.23 bits per heavy atom. The molecule has 0 spiro atoms. The van der Waals surface area contributed by atoms with Gasteiger partial charge in [0.2, 0.25) is 0 Å². The SMILES string of the molecule is COC(C)(C)CNC1CCOC1C. The number of rotatable bonds is 4. The van der Waals surface area contributed by atoms with Crippen molar-refractivity contribution in [1.82, 2.24) is 5.32 Å². The summed E-state index contributed by atoms with van der Waals surface area (Å²) in [4.78, 5) is 0. The largest absolute Gasteiger partial charge is 0.377 e. The molecule has 1 fully saturated rings. The molecule has 0 aromatic carbocycles. The molecule has 0 aliphatic carbocycles. The third-order valence-corrected chi connectivity index (χ3v) is 2.72. The highest BCUT2D eigenvalue weighted by molar-refractivity contribution is 4.82. The molecule has 1 rings (SSSR count). The quantitative estimate of drug-likeness (QED) is 0.717. The summed E-state index contributed by atoms with van der Waals surface area (Å²) >= 11 is 0. The van der Waals surface area contributed by atoms with Crippen molar-refractivity contribution in [3.8, 4) is 0 Å². The normalized spacial score (nSPS) is 29.5. The van der Waals surface area contributed by atoms with Crippen LogP contribution in [0.1, 0.15) is 27.2 Å². The third kappa shape index (κ3) is 3.25. The van der Waals surface area contributed by atoms with Crippen molar-refractivity contribution in [2.45, 2.75) is 44.9 Å². The molecule has 0 aromatic rings. The van der Waals surface area contributed by atoms with E-state index in [1.807, 2.05) is 0 Å². The van der Waals surface area contributed by atoms with Crippen LogP contribution in [-0.2, 0) is 9.47 Å². The zero-order valence-electron chi connectivity index (χ0n) is 9.09. The van der Waals surface area contributed by atoms with Crippen molar-refractivity contribution in [3.63, 3.8) is 0 Å². The van der Waals surface area contributed by atoms with Crippen LogP contribution in [0.5, 0.6) is 0 Å². The molecule has 3 heteroatoms. The molecule has 2 unspecified atom stereocenters. The van der Waals surface area contributed by atoms with Crippen LogP contribution in [-0.4, -0.2) is 38.0 Å². The van der Waals surface area contributed by atoms with Gasteiger partial charge in [-0.05, 0) is 27.2 Å². The van der Waals surface area contributed by atoms with Gasteiger partial charge in [0.05, 0.1) is 11.7 Å². The highest BCUT2D eigenvalue weighted by atomic mass is 16.5. The predicted octanol–water partition coefficient (Wildman–Crippen LogP) is 1.18. The summed E-state index contributed by atoms with van der Waals surface area (Å²) in [6, 6.07) is 0.495. The van der Waals surface area contributed by atoms with Gasteiger partial charge in [-0.15, -0.1) is 0 Å². The maximum atomic E-state index is 5.46. The Kier molecular flexibility index (Phi) is 3.71. The van der Waals surface area contributed by atoms with E-state index in [-0.39, 0.29) is 5.60 Å². The Bertz CT molecular complexity index is 159. The minimum Gasteiger partial charge on any atom is -0.377 e. The summed E-state index contributed by atoms with van der Waals surface area (Å²) in [7, 11) is 1.75. The Labute approximate surface area is 80.8 Å². The van der Waals surface area contributed by atoms with Gasteiger partial charge >= 0.3 is 0 Å². The van der Waals surface area contributed by atoms with Gasteiger partial charge in [0.25, 0.3) is 0 Å². The van der Waals surface area contributed by atoms with Gasteiger partial charge in [-0.3, -0.25) is 0 Å². The lowest BCUT2D eigenvalue weighted by atomic mass is 10.1. The maximum Gasteiger partial charge on any atom is 0.0746 e. The minimum absolute atomic E-state index is 0.0810. The van der Waals surface area contributed by atoms with Gasteiger partial charge in [-0.25, -0.2) is 0 Å². The molecule has 78 valence electrons. The molecule has 0 bridgehead atoms. The fourth-order valence-corrected chi connectivity index (χ4v) is 1.45. The second-order valence-corrected chi connectivity index (χ2v) is 4.32. The fraction of sp³-hybridized carbons (Fsp3) is 1.00. The van der Waals surface area contributed by atoms with Crippen molar-refractivity contribution < 1.29 is 9.47 Å². The molecule has 13 heavy (non-hydrogen) atoms. The van der Waals surface area contributed by atoms with Gasteiger partial charge in [0, 0.05) is 26.3 Å². The molecule has 1 saturated heterocycles. The number of hydrogen-bond acceptors (Lipinski definition) is 3. The van der Waals surface area contributed by atoms with Crippen molar-refractivity contribution in [2.75, 3.05) is 20.3 Å². The van der Waals surface area contributed by atoms with Gasteiger partial charge in [-0.1, -0.05) is 0 Å². The highest BCUT2D eigenvalue weighted by Crippen LogP contribution is 2.14. The molecule has 0 saturated carbocycles. The third-order valence-electron chi connectivity index (χ3n) is 2.72. The lowest BCUT2D eigenvalue weighted by molar-refractivity contribution is 0.0183. The number of nitrogens with one attached hydrogen (secondary N) is 1. The average Bonchev–Trinajstić information content (AvgIpc) is 2.48. The molecular formula is C10H21NO2. The molecular weight excluding hydrogens is 166 g/mol. The van der Waals surface area contributed by atoms with Crippen molar-refractivity contribution in [1.29, 1.82) is 0 Å². The zero-order chi connectivity index (χ0) is 9.90. The summed E-state index contributed by atoms with van der Waals surface area (Å²) in [5.74, 6) is 0. The van der Waals surface area contributed by atoms with Crippen LogP contribution in [0.4, 0.5) is 0 Å². The lowest BCUT2D eigenvalue weighted by Gasteiger charge is -2.26. The first-order valence-electron chi connectivity index (χ1n) is 4.95. The Balaban J connectivity index is 2.25. The summed E-state index contributed by atoms with van der Waals surface area (Å²) < 4.78 is 10.8. The first-order chi connectivity index (χ1) is 6.05. The van der Waals surface area contributed by atoms with E-state index < -0.39 is 0 Å². The standard InChI is InChI=1S/C10H21NO2/c1-8-9(5-6-13-8)11-7-10(2,3)12-4/h8-9,11H,5-7H2,1-4H3. The van der Waals surface area contributed by atoms with Crippen LogP contribution >= 0.6 is 0 Å². The van der Waals surface area contributed by atoms with Crippen LogP contribution in [0.2, 0.25) is 0 Å². The molecule has 0 amide bonds. The Hall–Kier alpha value is -0.120. The topological polar surface area (TPSA) is 30.5 Å². The van der Waals surface area contributed by atoms with Crippen LogP contribution in [0, 0.1) is 0 Å². The summed E-state index contributed by atoms with van der Waals surface area (Å²) in [5, 5.41) is 3.47. The fourth-order valence-electron chi connectivity index (χ4n) is 1.45. The van der Waals surface area contributed by atoms with Crippen molar-refractivity contribution in [2.24, 2.45) is 0 Å². The first kappa shape index (κ1) is 11.0. The molecule has 2 atom stereocenters. The molecule has 0 radical (unpaired) electrons. The lowest BCUT2D eigenvalue weighted by Crippen LogP contribution is -2.44. The van der Waals surface area contributed by atoms with Crippen LogP contribution in [0.3, 0.4) is 0 Å². The van der Waals surface area contributed by atoms with E-state index in [2.05, 4.69) is 26.1 Å². The summed E-state index contributed by atoms with van der Waals surface area (Å²) in [6.07, 6.45) is 1.45. The Morgan fingerprint density at radius 3 is 2.69 bits per heavy atom. The average molecular weight is 187 g/mol. The summed E-state index contributed by atoms with van der Waals surface area (Å²) in [6.45, 7) is 8.04. The van der Waals surface area contributed by atoms with Gasteiger partial charge in [-0.2, -0.15) is 0 Å². The van der Waals surface area contributed by atoms with E-state index in [9.17, 15) is 0 Å². The second kappa shape index (κ2) is 4.40. The molecule has 0 aromatic heterocycles. The molecule has 1 heterocycles. The summed E-state index contributed by atoms with van der Waals surface area (Å²) in [5.41, 5.74) is -0.0810. The molecule has 3 nitrogen and oxygen atoms in total. The number of ether oxygens (including phenoxy) is 2. The Morgan fingerprint density at radius 1 is 1.54 bits per heavy atom. The minimum atomic E-state index is -0.0810. The zero-order valence-corrected chi connectivity index (χ0v) is 9.09.